The number of hydrogen-bond donors (Lipinski definition) is 0. The van der Waals surface area contributed by atoms with Gasteiger partial charge in [0.05, 0.1) is 0 Å². The van der Waals surface area contributed by atoms with E-state index in [1.165, 1.54) is 8.05 Å². The van der Waals surface area contributed by atoms with Crippen molar-refractivity contribution in [3.8, 4) is 0 Å². The van der Waals surface area contributed by atoms with Gasteiger partial charge in [0.15, 0.2) is 6.79 Å². The van der Waals surface area contributed by atoms with Crippen molar-refractivity contribution in [3.63, 3.8) is 0 Å². The van der Waals surface area contributed by atoms with E-state index in [2.05, 4.69) is 13.5 Å². The van der Waals surface area contributed by atoms with Crippen molar-refractivity contribution in [1.29, 1.82) is 0 Å². The maximum absolute atomic E-state index is 10.4. The van der Waals surface area contributed by atoms with Gasteiger partial charge in [-0.05, 0) is 0 Å². The van der Waals surface area contributed by atoms with Gasteiger partial charge in [-0.2, -0.15) is 0 Å². The first-order valence-corrected chi connectivity index (χ1v) is 3.18. The molecule has 0 aliphatic carbocycles. The second kappa shape index (κ2) is 1.60. The highest BCUT2D eigenvalue weighted by molar-refractivity contribution is 7.50. The molecular weight excluding hydrogens is 118 g/mol. The molecule has 0 aromatic heterocycles. The monoisotopic (exact) mass is 122 g/mol. The lowest BCUT2D eigenvalue weighted by molar-refractivity contribution is -0.0210. The van der Waals surface area contributed by atoms with Gasteiger partial charge in [-0.3, -0.25) is 9.05 Å². The van der Waals surface area contributed by atoms with Gasteiger partial charge in [0, 0.05) is 0 Å². The Morgan fingerprint density at radius 2 is 2.29 bits per heavy atom. The smallest absolute Gasteiger partial charge is 0.358 e. The zero-order valence-electron chi connectivity index (χ0n) is 3.79. The Hall–Kier alpha value is 0.175. The third kappa shape index (κ3) is 0.862. The summed E-state index contributed by atoms with van der Waals surface area (Å²) in [5.74, 6) is 0. The van der Waals surface area contributed by atoms with E-state index in [1.54, 1.807) is 0 Å². The highest BCUT2D eigenvalue weighted by Crippen LogP contribution is 2.55. The molecule has 0 unspecified atom stereocenters. The third-order valence-corrected chi connectivity index (χ3v) is 1.94. The molecule has 0 aromatic rings. The van der Waals surface area contributed by atoms with E-state index >= 15 is 0 Å². The highest BCUT2D eigenvalue weighted by Gasteiger charge is 2.33. The van der Waals surface area contributed by atoms with Crippen LogP contribution in [0, 0.1) is 0 Å². The molecule has 40 valence electrons. The Morgan fingerprint density at radius 1 is 1.71 bits per heavy atom. The van der Waals surface area contributed by atoms with Crippen LogP contribution in [-0.2, 0) is 18.1 Å². The standard InChI is InChI=1S/CH4BO4P/c2-6-7(3)4-1-5-7/h1-2H2. The third-order valence-electron chi connectivity index (χ3n) is 0.645. The molecule has 7 heavy (non-hydrogen) atoms. The summed E-state index contributed by atoms with van der Waals surface area (Å²) in [4.78, 5) is 0. The normalized spacial score (nSPS) is 26.3. The summed E-state index contributed by atoms with van der Waals surface area (Å²) in [5.41, 5.74) is 0. The highest BCUT2D eigenvalue weighted by atomic mass is 31.2. The molecule has 0 aromatic carbocycles. The summed E-state index contributed by atoms with van der Waals surface area (Å²) in [6.07, 6.45) is 0. The summed E-state index contributed by atoms with van der Waals surface area (Å²) in [5, 5.41) is 0. The molecule has 1 rings (SSSR count). The molecule has 0 spiro atoms. The van der Waals surface area contributed by atoms with Crippen molar-refractivity contribution in [1.82, 2.24) is 0 Å². The van der Waals surface area contributed by atoms with Gasteiger partial charge in [-0.1, -0.05) is 0 Å². The minimum atomic E-state index is -2.97. The summed E-state index contributed by atoms with van der Waals surface area (Å²) in [6, 6.07) is 0. The van der Waals surface area contributed by atoms with Gasteiger partial charge < -0.3 is 4.44 Å². The molecule has 0 radical (unpaired) electrons. The van der Waals surface area contributed by atoms with E-state index in [0.29, 0.717) is 0 Å². The Balaban J connectivity index is 2.45. The number of rotatable bonds is 1. The first-order valence-electron chi connectivity index (χ1n) is 1.72. The summed E-state index contributed by atoms with van der Waals surface area (Å²) in [6.45, 7) is 0.0884. The van der Waals surface area contributed by atoms with E-state index in [9.17, 15) is 4.57 Å². The van der Waals surface area contributed by atoms with Crippen molar-refractivity contribution in [2.24, 2.45) is 0 Å². The van der Waals surface area contributed by atoms with Crippen molar-refractivity contribution in [2.75, 3.05) is 6.79 Å². The van der Waals surface area contributed by atoms with Crippen LogP contribution in [0.25, 0.3) is 0 Å². The Morgan fingerprint density at radius 3 is 2.29 bits per heavy atom. The minimum absolute atomic E-state index is 0.0884. The SMILES string of the molecule is BOP1(=O)OCO1. The van der Waals surface area contributed by atoms with E-state index in [0.717, 1.165) is 0 Å². The van der Waals surface area contributed by atoms with E-state index < -0.39 is 7.82 Å². The molecule has 1 heterocycles. The summed E-state index contributed by atoms with van der Waals surface area (Å²) < 4.78 is 23.4. The molecule has 0 N–H and O–H groups in total. The predicted octanol–water partition coefficient (Wildman–Crippen LogP) is -0.337. The minimum Gasteiger partial charge on any atom is -0.358 e. The summed E-state index contributed by atoms with van der Waals surface area (Å²) in [7, 11) is -1.70. The van der Waals surface area contributed by atoms with E-state index in [4.69, 9.17) is 0 Å². The maximum atomic E-state index is 10.4. The van der Waals surface area contributed by atoms with Crippen LogP contribution >= 0.6 is 7.82 Å². The fourth-order valence-electron chi connectivity index (χ4n) is 0.244. The molecule has 6 heteroatoms. The van der Waals surface area contributed by atoms with Gasteiger partial charge in [0.2, 0.25) is 0 Å². The molecule has 1 aliphatic heterocycles. The van der Waals surface area contributed by atoms with Crippen LogP contribution in [-0.4, -0.2) is 14.8 Å². The van der Waals surface area contributed by atoms with Gasteiger partial charge >= 0.3 is 7.82 Å². The molecule has 0 saturated carbocycles. The molecule has 0 amide bonds. The molecular formula is CH4BO4P. The van der Waals surface area contributed by atoms with Crippen molar-refractivity contribution < 1.29 is 18.1 Å². The van der Waals surface area contributed by atoms with Crippen molar-refractivity contribution in [2.45, 2.75) is 0 Å². The van der Waals surface area contributed by atoms with Crippen molar-refractivity contribution in [3.05, 3.63) is 0 Å². The molecule has 1 aliphatic rings. The average molecular weight is 122 g/mol. The van der Waals surface area contributed by atoms with Gasteiger partial charge in [0.1, 0.15) is 0 Å². The predicted molar refractivity (Wildman–Crippen MR) is 24.3 cm³/mol. The van der Waals surface area contributed by atoms with Crippen LogP contribution in [0.2, 0.25) is 0 Å². The quantitative estimate of drug-likeness (QED) is 0.352. The fraction of sp³-hybridized carbons (Fsp3) is 1.00. The first kappa shape index (κ1) is 5.31. The lowest BCUT2D eigenvalue weighted by Crippen LogP contribution is -2.10. The van der Waals surface area contributed by atoms with Gasteiger partial charge in [-0.15, -0.1) is 0 Å². The van der Waals surface area contributed by atoms with Crippen LogP contribution in [0.4, 0.5) is 0 Å². The molecule has 0 bridgehead atoms. The van der Waals surface area contributed by atoms with Gasteiger partial charge in [-0.25, -0.2) is 4.57 Å². The first-order chi connectivity index (χ1) is 3.27. The van der Waals surface area contributed by atoms with Crippen LogP contribution in [0.15, 0.2) is 0 Å². The zero-order chi connectivity index (χ0) is 5.33. The Kier molecular flexibility index (Phi) is 1.21. The van der Waals surface area contributed by atoms with Crippen LogP contribution < -0.4 is 0 Å². The zero-order valence-corrected chi connectivity index (χ0v) is 4.68. The number of phosphoric ester groups is 1. The largest absolute Gasteiger partial charge is 0.464 e. The maximum Gasteiger partial charge on any atom is 0.464 e. The lowest BCUT2D eigenvalue weighted by Gasteiger charge is -2.23. The van der Waals surface area contributed by atoms with E-state index in [-0.39, 0.29) is 6.79 Å². The summed E-state index contributed by atoms with van der Waals surface area (Å²) >= 11 is 0. The second-order valence-corrected chi connectivity index (χ2v) is 2.78. The molecule has 1 saturated heterocycles. The van der Waals surface area contributed by atoms with Crippen LogP contribution in [0.3, 0.4) is 0 Å². The number of phosphoric acid groups is 1. The Bertz CT molecular complexity index is 96.0. The van der Waals surface area contributed by atoms with Gasteiger partial charge in [0.25, 0.3) is 8.05 Å². The topological polar surface area (TPSA) is 44.8 Å². The molecule has 1 fully saturated rings. The number of hydrogen-bond acceptors (Lipinski definition) is 4. The van der Waals surface area contributed by atoms with E-state index in [1.807, 2.05) is 0 Å². The molecule has 0 atom stereocenters. The van der Waals surface area contributed by atoms with Crippen molar-refractivity contribution >= 4 is 15.9 Å². The molecule has 4 nitrogen and oxygen atoms in total. The average Bonchev–Trinajstić information content (AvgIpc) is 1.61. The lowest BCUT2D eigenvalue weighted by atomic mass is 10.6. The van der Waals surface area contributed by atoms with Crippen LogP contribution in [0.5, 0.6) is 0 Å². The van der Waals surface area contributed by atoms with Crippen LogP contribution in [0.1, 0.15) is 0 Å². The second-order valence-electron chi connectivity index (χ2n) is 1.01. The fourth-order valence-corrected chi connectivity index (χ4v) is 0.733. The Labute approximate surface area is 41.8 Å².